The Morgan fingerprint density at radius 3 is 2.82 bits per heavy atom. The van der Waals surface area contributed by atoms with Crippen LogP contribution >= 0.6 is 0 Å². The first-order valence-corrected chi connectivity index (χ1v) is 8.79. The number of rotatable bonds is 5. The van der Waals surface area contributed by atoms with Gasteiger partial charge >= 0.3 is 6.18 Å². The van der Waals surface area contributed by atoms with Crippen LogP contribution in [0.2, 0.25) is 0 Å². The van der Waals surface area contributed by atoms with Gasteiger partial charge in [0.15, 0.2) is 0 Å². The van der Waals surface area contributed by atoms with Crippen LogP contribution in [0.15, 0.2) is 18.5 Å². The van der Waals surface area contributed by atoms with Crippen molar-refractivity contribution < 1.29 is 22.8 Å². The van der Waals surface area contributed by atoms with E-state index in [2.05, 4.69) is 15.4 Å². The average molecular weight is 398 g/mol. The molecule has 1 aliphatic heterocycles. The lowest BCUT2D eigenvalue weighted by molar-refractivity contribution is -0.142. The molecule has 11 heteroatoms. The number of amides is 2. The van der Waals surface area contributed by atoms with E-state index in [-0.39, 0.29) is 18.2 Å². The number of hydrazine groups is 1. The van der Waals surface area contributed by atoms with Crippen LogP contribution in [0.4, 0.5) is 18.9 Å². The number of hydrogen-bond donors (Lipinski definition) is 4. The van der Waals surface area contributed by atoms with Crippen molar-refractivity contribution in [2.24, 2.45) is 11.7 Å². The first-order valence-electron chi connectivity index (χ1n) is 8.79. The highest BCUT2D eigenvalue weighted by molar-refractivity contribution is 6.05. The number of H-pyrrole nitrogens is 1. The summed E-state index contributed by atoms with van der Waals surface area (Å²) in [5.74, 6) is -1.92. The number of anilines is 1. The lowest BCUT2D eigenvalue weighted by Gasteiger charge is -2.38. The van der Waals surface area contributed by atoms with Gasteiger partial charge in [0.2, 0.25) is 5.91 Å². The highest BCUT2D eigenvalue weighted by Gasteiger charge is 2.34. The van der Waals surface area contributed by atoms with E-state index < -0.39 is 30.5 Å². The van der Waals surface area contributed by atoms with Crippen molar-refractivity contribution >= 4 is 28.5 Å². The predicted molar refractivity (Wildman–Crippen MR) is 96.2 cm³/mol. The summed E-state index contributed by atoms with van der Waals surface area (Å²) in [6.07, 6.45) is -0.360. The maximum absolute atomic E-state index is 12.4. The summed E-state index contributed by atoms with van der Waals surface area (Å²) in [5.41, 5.74) is 9.77. The fourth-order valence-corrected chi connectivity index (χ4v) is 3.27. The molecular formula is C17H21F3N6O2. The number of pyridine rings is 1. The standard InChI is InChI=1S/C17H21F3N6O2/c1-9-2-3-10(16(28)24-8-17(18,19)20)7-26(9)25-13-11-4-5-22-15(11)23-6-12(13)14(21)27/h4-6,9-10H,2-3,7-8H2,1H3,(H2,21,27)(H,24,28)(H2,22,23,25). The van der Waals surface area contributed by atoms with Gasteiger partial charge in [0.1, 0.15) is 12.2 Å². The maximum Gasteiger partial charge on any atom is 0.405 e. The number of aromatic nitrogens is 2. The minimum atomic E-state index is -4.46. The van der Waals surface area contributed by atoms with Gasteiger partial charge in [-0.3, -0.25) is 9.59 Å². The Bertz CT molecular complexity index is 881. The van der Waals surface area contributed by atoms with Crippen molar-refractivity contribution in [1.29, 1.82) is 0 Å². The van der Waals surface area contributed by atoms with Gasteiger partial charge in [-0.05, 0) is 25.8 Å². The third-order valence-electron chi connectivity index (χ3n) is 4.82. The van der Waals surface area contributed by atoms with E-state index in [0.717, 1.165) is 0 Å². The molecule has 2 unspecified atom stereocenters. The van der Waals surface area contributed by atoms with E-state index in [1.165, 1.54) is 6.20 Å². The smallest absolute Gasteiger partial charge is 0.365 e. The highest BCUT2D eigenvalue weighted by Crippen LogP contribution is 2.29. The van der Waals surface area contributed by atoms with Crippen molar-refractivity contribution in [1.82, 2.24) is 20.3 Å². The molecule has 3 rings (SSSR count). The third kappa shape index (κ3) is 4.35. The third-order valence-corrected chi connectivity index (χ3v) is 4.82. The zero-order valence-electron chi connectivity index (χ0n) is 15.1. The second-order valence-corrected chi connectivity index (χ2v) is 6.87. The molecule has 0 bridgehead atoms. The van der Waals surface area contributed by atoms with Crippen LogP contribution in [0.25, 0.3) is 11.0 Å². The largest absolute Gasteiger partial charge is 0.405 e. The molecule has 5 N–H and O–H groups in total. The summed E-state index contributed by atoms with van der Waals surface area (Å²) in [6, 6.07) is 1.73. The average Bonchev–Trinajstić information content (AvgIpc) is 3.10. The van der Waals surface area contributed by atoms with Crippen LogP contribution in [0.5, 0.6) is 0 Å². The van der Waals surface area contributed by atoms with Crippen molar-refractivity contribution in [3.05, 3.63) is 24.0 Å². The summed E-state index contributed by atoms with van der Waals surface area (Å²) in [7, 11) is 0. The Morgan fingerprint density at radius 2 is 2.14 bits per heavy atom. The van der Waals surface area contributed by atoms with Crippen LogP contribution in [-0.4, -0.2) is 52.1 Å². The van der Waals surface area contributed by atoms with Crippen molar-refractivity contribution in [2.75, 3.05) is 18.5 Å². The topological polar surface area (TPSA) is 116 Å². The van der Waals surface area contributed by atoms with Gasteiger partial charge < -0.3 is 21.5 Å². The minimum Gasteiger partial charge on any atom is -0.365 e. The summed E-state index contributed by atoms with van der Waals surface area (Å²) in [6.45, 7) is 0.763. The van der Waals surface area contributed by atoms with E-state index in [1.54, 1.807) is 17.3 Å². The lowest BCUT2D eigenvalue weighted by Crippen LogP contribution is -2.50. The van der Waals surface area contributed by atoms with E-state index >= 15 is 0 Å². The van der Waals surface area contributed by atoms with Gasteiger partial charge in [-0.25, -0.2) is 9.99 Å². The number of nitrogens with one attached hydrogen (secondary N) is 3. The van der Waals surface area contributed by atoms with E-state index in [0.29, 0.717) is 29.6 Å². The SMILES string of the molecule is CC1CCC(C(=O)NCC(F)(F)F)CN1Nc1c(C(N)=O)cnc2[nH]ccc12. The van der Waals surface area contributed by atoms with Crippen molar-refractivity contribution in [3.63, 3.8) is 0 Å². The van der Waals surface area contributed by atoms with E-state index in [4.69, 9.17) is 5.73 Å². The minimum absolute atomic E-state index is 0.00505. The molecule has 0 spiro atoms. The number of carbonyl (C=O) groups is 2. The molecule has 2 atom stereocenters. The quantitative estimate of drug-likeness (QED) is 0.613. The first kappa shape index (κ1) is 19.9. The lowest BCUT2D eigenvalue weighted by atomic mass is 9.94. The molecule has 3 heterocycles. The van der Waals surface area contributed by atoms with Gasteiger partial charge in [-0.15, -0.1) is 0 Å². The fraction of sp³-hybridized carbons (Fsp3) is 0.471. The fourth-order valence-electron chi connectivity index (χ4n) is 3.27. The number of nitrogens with two attached hydrogens (primary N) is 1. The molecule has 0 aliphatic carbocycles. The maximum atomic E-state index is 12.4. The molecule has 0 radical (unpaired) electrons. The molecule has 1 saturated heterocycles. The second-order valence-electron chi connectivity index (χ2n) is 6.87. The Balaban J connectivity index is 1.79. The summed E-state index contributed by atoms with van der Waals surface area (Å²) >= 11 is 0. The molecular weight excluding hydrogens is 377 g/mol. The number of aromatic amines is 1. The van der Waals surface area contributed by atoms with Gasteiger partial charge in [0.05, 0.1) is 17.2 Å². The van der Waals surface area contributed by atoms with Crippen LogP contribution in [0.1, 0.15) is 30.1 Å². The molecule has 28 heavy (non-hydrogen) atoms. The Hall–Kier alpha value is -2.82. The van der Waals surface area contributed by atoms with Gasteiger partial charge in [-0.1, -0.05) is 0 Å². The van der Waals surface area contributed by atoms with Gasteiger partial charge in [0, 0.05) is 30.4 Å². The van der Waals surface area contributed by atoms with Gasteiger partial charge in [-0.2, -0.15) is 13.2 Å². The molecule has 2 amide bonds. The number of carbonyl (C=O) groups excluding carboxylic acids is 2. The first-order chi connectivity index (χ1) is 13.2. The molecule has 2 aromatic rings. The number of nitrogens with zero attached hydrogens (tertiary/aromatic N) is 2. The molecule has 152 valence electrons. The van der Waals surface area contributed by atoms with Crippen molar-refractivity contribution in [2.45, 2.75) is 32.0 Å². The predicted octanol–water partition coefficient (Wildman–Crippen LogP) is 1.77. The molecule has 0 saturated carbocycles. The van der Waals surface area contributed by atoms with Crippen LogP contribution in [0.3, 0.4) is 0 Å². The molecule has 0 aromatic carbocycles. The van der Waals surface area contributed by atoms with Crippen LogP contribution in [-0.2, 0) is 4.79 Å². The summed E-state index contributed by atoms with van der Waals surface area (Å²) in [4.78, 5) is 31.0. The second kappa shape index (κ2) is 7.66. The zero-order valence-corrected chi connectivity index (χ0v) is 15.1. The van der Waals surface area contributed by atoms with E-state index in [1.807, 2.05) is 12.2 Å². The Labute approximate surface area is 158 Å². The number of alkyl halides is 3. The Kier molecular flexibility index (Phi) is 5.45. The van der Waals surface area contributed by atoms with Crippen molar-refractivity contribution in [3.8, 4) is 0 Å². The number of piperidine rings is 1. The molecule has 1 fully saturated rings. The number of hydrogen-bond acceptors (Lipinski definition) is 5. The number of fused-ring (bicyclic) bond motifs is 1. The number of primary amides is 1. The summed E-state index contributed by atoms with van der Waals surface area (Å²) < 4.78 is 37.1. The molecule has 2 aromatic heterocycles. The normalized spacial score (nSPS) is 20.9. The molecule has 1 aliphatic rings. The Morgan fingerprint density at radius 1 is 1.39 bits per heavy atom. The van der Waals surface area contributed by atoms with Gasteiger partial charge in [0.25, 0.3) is 5.91 Å². The molecule has 8 nitrogen and oxygen atoms in total. The van der Waals surface area contributed by atoms with E-state index in [9.17, 15) is 22.8 Å². The summed E-state index contributed by atoms with van der Waals surface area (Å²) in [5, 5.41) is 4.33. The zero-order chi connectivity index (χ0) is 20.5. The monoisotopic (exact) mass is 398 g/mol. The highest BCUT2D eigenvalue weighted by atomic mass is 19.4. The van der Waals surface area contributed by atoms with Crippen LogP contribution in [0, 0.1) is 5.92 Å². The number of halogens is 3. The van der Waals surface area contributed by atoms with Crippen LogP contribution < -0.4 is 16.5 Å².